The van der Waals surface area contributed by atoms with Gasteiger partial charge in [0.1, 0.15) is 12.2 Å². The predicted molar refractivity (Wildman–Crippen MR) is 84.4 cm³/mol. The van der Waals surface area contributed by atoms with Crippen molar-refractivity contribution in [3.8, 4) is 0 Å². The summed E-state index contributed by atoms with van der Waals surface area (Å²) in [7, 11) is 0. The highest BCUT2D eigenvalue weighted by Gasteiger charge is 2.39. The third-order valence-corrected chi connectivity index (χ3v) is 3.95. The van der Waals surface area contributed by atoms with E-state index in [1.54, 1.807) is 12.2 Å². The fourth-order valence-electron chi connectivity index (χ4n) is 2.70. The molecule has 1 aliphatic rings. The van der Waals surface area contributed by atoms with Gasteiger partial charge >= 0.3 is 0 Å². The van der Waals surface area contributed by atoms with Crippen LogP contribution in [0.3, 0.4) is 0 Å². The second kappa shape index (κ2) is 8.21. The first-order valence-corrected chi connectivity index (χ1v) is 7.61. The normalized spacial score (nSPS) is 23.6. The number of benzene rings is 1. The van der Waals surface area contributed by atoms with Crippen LogP contribution >= 0.6 is 0 Å². The van der Waals surface area contributed by atoms with Gasteiger partial charge in [-0.2, -0.15) is 0 Å². The van der Waals surface area contributed by atoms with Crippen LogP contribution in [0.2, 0.25) is 0 Å². The summed E-state index contributed by atoms with van der Waals surface area (Å²) in [4.78, 5) is 13.3. The van der Waals surface area contributed by atoms with E-state index in [4.69, 9.17) is 9.84 Å². The Morgan fingerprint density at radius 1 is 1.35 bits per heavy atom. The van der Waals surface area contributed by atoms with Crippen molar-refractivity contribution >= 4 is 5.91 Å². The van der Waals surface area contributed by atoms with Crippen LogP contribution in [0.25, 0.3) is 0 Å². The van der Waals surface area contributed by atoms with E-state index in [-0.39, 0.29) is 5.91 Å². The largest absolute Gasteiger partial charge is 0.394 e. The number of carbonyl (C=O) groups excluding carboxylic acids is 1. The highest BCUT2D eigenvalue weighted by Crippen LogP contribution is 2.22. The summed E-state index contributed by atoms with van der Waals surface area (Å²) < 4.78 is 5.84. The number of carbonyl (C=O) groups is 1. The zero-order chi connectivity index (χ0) is 16.8. The van der Waals surface area contributed by atoms with Crippen molar-refractivity contribution < 1.29 is 24.9 Å². The van der Waals surface area contributed by atoms with Gasteiger partial charge in [0, 0.05) is 13.5 Å². The summed E-state index contributed by atoms with van der Waals surface area (Å²) in [6, 6.07) is 8.81. The average Bonchev–Trinajstić information content (AvgIpc) is 2.59. The monoisotopic (exact) mass is 321 g/mol. The van der Waals surface area contributed by atoms with Crippen LogP contribution in [0.15, 0.2) is 42.5 Å². The number of ether oxygens (including phenoxy) is 1. The average molecular weight is 321 g/mol. The topological polar surface area (TPSA) is 90.2 Å². The fraction of sp³-hybridized carbons (Fsp3) is 0.471. The van der Waals surface area contributed by atoms with E-state index in [1.807, 2.05) is 30.3 Å². The lowest BCUT2D eigenvalue weighted by Crippen LogP contribution is -2.58. The fourth-order valence-corrected chi connectivity index (χ4v) is 2.70. The van der Waals surface area contributed by atoms with E-state index < -0.39 is 31.0 Å². The van der Waals surface area contributed by atoms with Crippen LogP contribution in [0.1, 0.15) is 12.5 Å². The number of hydrogen-bond donors (Lipinski definition) is 3. The SMILES string of the molecule is CC(=O)N1CC=C[C@@H](OCc2ccccc2)[C@@H]1[C@H](O)C(O)CO. The first kappa shape index (κ1) is 17.6. The van der Waals surface area contributed by atoms with Gasteiger partial charge in [0.2, 0.25) is 5.91 Å². The molecule has 6 nitrogen and oxygen atoms in total. The van der Waals surface area contributed by atoms with Crippen LogP contribution in [0.5, 0.6) is 0 Å². The Kier molecular flexibility index (Phi) is 6.29. The Hall–Kier alpha value is -1.73. The van der Waals surface area contributed by atoms with Crippen LogP contribution in [-0.4, -0.2) is 63.6 Å². The van der Waals surface area contributed by atoms with Gasteiger partial charge in [0.05, 0.1) is 25.4 Å². The Labute approximate surface area is 135 Å². The zero-order valence-corrected chi connectivity index (χ0v) is 13.1. The molecule has 2 rings (SSSR count). The van der Waals surface area contributed by atoms with Crippen LogP contribution in [0, 0.1) is 0 Å². The Morgan fingerprint density at radius 2 is 2.04 bits per heavy atom. The summed E-state index contributed by atoms with van der Waals surface area (Å²) in [6.45, 7) is 1.47. The second-order valence-electron chi connectivity index (χ2n) is 5.59. The molecule has 0 saturated carbocycles. The molecule has 0 spiro atoms. The highest BCUT2D eigenvalue weighted by molar-refractivity contribution is 5.74. The van der Waals surface area contributed by atoms with Gasteiger partial charge in [-0.15, -0.1) is 0 Å². The molecule has 1 unspecified atom stereocenters. The van der Waals surface area contributed by atoms with Crippen molar-refractivity contribution in [3.63, 3.8) is 0 Å². The third-order valence-electron chi connectivity index (χ3n) is 3.95. The maximum absolute atomic E-state index is 11.8. The molecule has 1 aromatic rings. The van der Waals surface area contributed by atoms with E-state index in [1.165, 1.54) is 11.8 Å². The molecule has 0 aromatic heterocycles. The minimum absolute atomic E-state index is 0.225. The van der Waals surface area contributed by atoms with Gasteiger partial charge in [-0.05, 0) is 5.56 Å². The lowest BCUT2D eigenvalue weighted by atomic mass is 9.95. The molecule has 6 heteroatoms. The predicted octanol–water partition coefficient (Wildman–Crippen LogP) is 0.0728. The smallest absolute Gasteiger partial charge is 0.220 e. The Bertz CT molecular complexity index is 533. The van der Waals surface area contributed by atoms with Crippen molar-refractivity contribution in [2.24, 2.45) is 0 Å². The number of nitrogens with zero attached hydrogens (tertiary/aromatic N) is 1. The molecule has 0 aliphatic carbocycles. The second-order valence-corrected chi connectivity index (χ2v) is 5.59. The lowest BCUT2D eigenvalue weighted by Gasteiger charge is -2.41. The third kappa shape index (κ3) is 4.39. The van der Waals surface area contributed by atoms with Gasteiger partial charge in [-0.3, -0.25) is 4.79 Å². The minimum Gasteiger partial charge on any atom is -0.394 e. The molecule has 126 valence electrons. The van der Waals surface area contributed by atoms with Gasteiger partial charge in [0.25, 0.3) is 0 Å². The Balaban J connectivity index is 2.14. The van der Waals surface area contributed by atoms with Crippen molar-refractivity contribution in [2.75, 3.05) is 13.2 Å². The summed E-state index contributed by atoms with van der Waals surface area (Å²) in [5.74, 6) is -0.225. The quantitative estimate of drug-likeness (QED) is 0.645. The number of amides is 1. The van der Waals surface area contributed by atoms with Gasteiger partial charge in [-0.1, -0.05) is 42.5 Å². The van der Waals surface area contributed by atoms with Crippen LogP contribution in [-0.2, 0) is 16.1 Å². The number of hydrogen-bond acceptors (Lipinski definition) is 5. The summed E-state index contributed by atoms with van der Waals surface area (Å²) in [5.41, 5.74) is 0.969. The van der Waals surface area contributed by atoms with Crippen molar-refractivity contribution in [1.82, 2.24) is 4.90 Å². The molecule has 1 aliphatic heterocycles. The standard InChI is InChI=1S/C17H23NO5/c1-12(20)18-9-5-8-15(16(18)17(22)14(21)10-19)23-11-13-6-3-2-4-7-13/h2-8,14-17,19,21-22H,9-11H2,1H3/t14?,15-,16-,17-/m1/s1. The summed E-state index contributed by atoms with van der Waals surface area (Å²) >= 11 is 0. The van der Waals surface area contributed by atoms with E-state index >= 15 is 0 Å². The molecular formula is C17H23NO5. The van der Waals surface area contributed by atoms with Crippen LogP contribution in [0.4, 0.5) is 0 Å². The Morgan fingerprint density at radius 3 is 2.65 bits per heavy atom. The maximum Gasteiger partial charge on any atom is 0.220 e. The van der Waals surface area contributed by atoms with E-state index in [2.05, 4.69) is 0 Å². The molecule has 0 fully saturated rings. The lowest BCUT2D eigenvalue weighted by molar-refractivity contribution is -0.145. The molecule has 23 heavy (non-hydrogen) atoms. The van der Waals surface area contributed by atoms with Crippen molar-refractivity contribution in [1.29, 1.82) is 0 Å². The minimum atomic E-state index is -1.34. The first-order chi connectivity index (χ1) is 11.0. The summed E-state index contributed by atoms with van der Waals surface area (Å²) in [5, 5.41) is 29.2. The number of aliphatic hydroxyl groups is 3. The molecule has 1 heterocycles. The molecule has 4 atom stereocenters. The molecule has 0 radical (unpaired) electrons. The van der Waals surface area contributed by atoms with Crippen molar-refractivity contribution in [2.45, 2.75) is 37.9 Å². The van der Waals surface area contributed by atoms with Gasteiger partial charge in [-0.25, -0.2) is 0 Å². The molecule has 1 aromatic carbocycles. The zero-order valence-electron chi connectivity index (χ0n) is 13.1. The number of aliphatic hydroxyl groups excluding tert-OH is 3. The molecular weight excluding hydrogens is 298 g/mol. The maximum atomic E-state index is 11.8. The van der Waals surface area contributed by atoms with E-state index in [9.17, 15) is 15.0 Å². The molecule has 0 bridgehead atoms. The van der Waals surface area contributed by atoms with E-state index in [0.717, 1.165) is 5.56 Å². The highest BCUT2D eigenvalue weighted by atomic mass is 16.5. The first-order valence-electron chi connectivity index (χ1n) is 7.61. The molecule has 0 saturated heterocycles. The number of rotatable bonds is 6. The van der Waals surface area contributed by atoms with Gasteiger partial charge < -0.3 is 25.0 Å². The summed E-state index contributed by atoms with van der Waals surface area (Å²) in [6.07, 6.45) is 0.376. The van der Waals surface area contributed by atoms with Crippen LogP contribution < -0.4 is 0 Å². The molecule has 3 N–H and O–H groups in total. The van der Waals surface area contributed by atoms with Gasteiger partial charge in [0.15, 0.2) is 0 Å². The van der Waals surface area contributed by atoms with E-state index in [0.29, 0.717) is 13.2 Å². The van der Waals surface area contributed by atoms with Crippen molar-refractivity contribution in [3.05, 3.63) is 48.0 Å². The molecule has 1 amide bonds.